The van der Waals surface area contributed by atoms with Gasteiger partial charge in [0.2, 0.25) is 0 Å². The van der Waals surface area contributed by atoms with Crippen molar-refractivity contribution < 1.29 is 10.2 Å². The van der Waals surface area contributed by atoms with Crippen LogP contribution in [0.4, 0.5) is 0 Å². The average Bonchev–Trinajstić information content (AvgIpc) is 3.23. The van der Waals surface area contributed by atoms with E-state index in [0.29, 0.717) is 5.65 Å². The molecule has 29 heavy (non-hydrogen) atoms. The van der Waals surface area contributed by atoms with Crippen LogP contribution in [0.15, 0.2) is 67.4 Å². The molecule has 0 bridgehead atoms. The highest BCUT2D eigenvalue weighted by Crippen LogP contribution is 2.32. The van der Waals surface area contributed by atoms with Gasteiger partial charge in [-0.1, -0.05) is 38.1 Å². The van der Waals surface area contributed by atoms with Crippen molar-refractivity contribution >= 4 is 22.3 Å². The Balaban J connectivity index is 0.000000220. The molecule has 3 N–H and O–H groups in total. The van der Waals surface area contributed by atoms with Gasteiger partial charge in [-0.05, 0) is 59.4 Å². The molecule has 0 spiro atoms. The number of hydrogen-bond donors (Lipinski definition) is 3. The Labute approximate surface area is 169 Å². The van der Waals surface area contributed by atoms with Gasteiger partial charge in [-0.3, -0.25) is 0 Å². The lowest BCUT2D eigenvalue weighted by molar-refractivity contribution is 0.474. The molecule has 2 aromatic heterocycles. The summed E-state index contributed by atoms with van der Waals surface area (Å²) in [4.78, 5) is 14.5. The molecule has 0 amide bonds. The maximum absolute atomic E-state index is 9.41. The van der Waals surface area contributed by atoms with Crippen LogP contribution in [0, 0.1) is 0 Å². The second kappa shape index (κ2) is 9.50. The first-order chi connectivity index (χ1) is 14.1. The lowest BCUT2D eigenvalue weighted by Crippen LogP contribution is -1.91. The monoisotopic (exact) mass is 388 g/mol. The van der Waals surface area contributed by atoms with Crippen LogP contribution in [0.25, 0.3) is 22.3 Å². The molecule has 0 saturated heterocycles. The van der Waals surface area contributed by atoms with Crippen LogP contribution in [0.2, 0.25) is 0 Å². The number of phenols is 2. The molecule has 6 nitrogen and oxygen atoms in total. The van der Waals surface area contributed by atoms with E-state index in [1.165, 1.54) is 17.5 Å². The lowest BCUT2D eigenvalue weighted by atomic mass is 9.91. The molecule has 2 aromatic carbocycles. The number of phenolic OH excluding ortho intramolecular Hbond substituents is 2. The number of aromatic hydroxyl groups is 2. The standard InChI is InChI=1S/C18H20O2.C5H4N4/c1-3-17(13-5-9-15(19)10-6-13)18(4-2)14-7-11-16(20)12-8-14;1-4-5(8-2-6-1)9-3-7-4/h5-12,19-20H,3-4H2,1-2H3;1-3H,(H,6,7,8,9)/b18-17+;. The predicted molar refractivity (Wildman–Crippen MR) is 115 cm³/mol. The zero-order valence-electron chi connectivity index (χ0n) is 16.5. The Bertz CT molecular complexity index is 998. The molecule has 0 unspecified atom stereocenters. The SMILES string of the molecule is CC/C(=C(/CC)c1ccc(O)cc1)c1ccc(O)cc1.c1ncc2[nH]cnc2n1. The molecular weight excluding hydrogens is 364 g/mol. The van der Waals surface area contributed by atoms with Gasteiger partial charge in [-0.25, -0.2) is 15.0 Å². The number of aromatic nitrogens is 4. The van der Waals surface area contributed by atoms with E-state index in [1.54, 1.807) is 36.8 Å². The van der Waals surface area contributed by atoms with E-state index in [1.807, 2.05) is 24.3 Å². The summed E-state index contributed by atoms with van der Waals surface area (Å²) in [7, 11) is 0. The molecule has 0 saturated carbocycles. The first-order valence-electron chi connectivity index (χ1n) is 9.52. The maximum Gasteiger partial charge on any atom is 0.180 e. The van der Waals surface area contributed by atoms with Gasteiger partial charge in [0.15, 0.2) is 5.65 Å². The van der Waals surface area contributed by atoms with Gasteiger partial charge < -0.3 is 15.2 Å². The Morgan fingerprint density at radius 2 is 1.31 bits per heavy atom. The van der Waals surface area contributed by atoms with Crippen molar-refractivity contribution in [2.75, 3.05) is 0 Å². The van der Waals surface area contributed by atoms with Gasteiger partial charge >= 0.3 is 0 Å². The van der Waals surface area contributed by atoms with E-state index in [0.717, 1.165) is 29.5 Å². The molecule has 0 aliphatic carbocycles. The summed E-state index contributed by atoms with van der Waals surface area (Å²) in [6.07, 6.45) is 6.61. The maximum atomic E-state index is 9.41. The second-order valence-electron chi connectivity index (χ2n) is 6.42. The fraction of sp³-hybridized carbons (Fsp3) is 0.174. The number of imidazole rings is 1. The zero-order chi connectivity index (χ0) is 20.6. The molecule has 0 radical (unpaired) electrons. The highest BCUT2D eigenvalue weighted by molar-refractivity contribution is 5.90. The minimum Gasteiger partial charge on any atom is -0.508 e. The van der Waals surface area contributed by atoms with E-state index in [-0.39, 0.29) is 11.5 Å². The third kappa shape index (κ3) is 4.99. The normalized spacial score (nSPS) is 11.5. The van der Waals surface area contributed by atoms with Crippen LogP contribution in [0.5, 0.6) is 11.5 Å². The minimum absolute atomic E-state index is 0.284. The number of hydrogen-bond acceptors (Lipinski definition) is 5. The molecule has 0 atom stereocenters. The number of allylic oxidation sites excluding steroid dienone is 2. The first-order valence-corrected chi connectivity index (χ1v) is 9.52. The smallest absolute Gasteiger partial charge is 0.180 e. The van der Waals surface area contributed by atoms with Crippen molar-refractivity contribution in [3.8, 4) is 11.5 Å². The number of benzene rings is 2. The Morgan fingerprint density at radius 1 is 0.793 bits per heavy atom. The fourth-order valence-corrected chi connectivity index (χ4v) is 3.20. The van der Waals surface area contributed by atoms with Crippen molar-refractivity contribution in [1.82, 2.24) is 19.9 Å². The van der Waals surface area contributed by atoms with Crippen molar-refractivity contribution in [2.24, 2.45) is 0 Å². The number of aromatic amines is 1. The zero-order valence-corrected chi connectivity index (χ0v) is 16.5. The molecule has 0 aliphatic heterocycles. The lowest BCUT2D eigenvalue weighted by Gasteiger charge is -2.14. The van der Waals surface area contributed by atoms with Gasteiger partial charge in [0.1, 0.15) is 23.3 Å². The molecular formula is C23H24N4O2. The minimum atomic E-state index is 0.284. The van der Waals surface area contributed by atoms with Crippen molar-refractivity contribution in [2.45, 2.75) is 26.7 Å². The summed E-state index contributed by atoms with van der Waals surface area (Å²) in [6, 6.07) is 14.7. The average molecular weight is 388 g/mol. The van der Waals surface area contributed by atoms with Crippen LogP contribution in [-0.4, -0.2) is 30.1 Å². The summed E-state index contributed by atoms with van der Waals surface area (Å²) in [5.41, 5.74) is 6.41. The van der Waals surface area contributed by atoms with E-state index in [4.69, 9.17) is 0 Å². The molecule has 148 valence electrons. The topological polar surface area (TPSA) is 94.9 Å². The number of nitrogens with zero attached hydrogens (tertiary/aromatic N) is 3. The van der Waals surface area contributed by atoms with Crippen LogP contribution < -0.4 is 0 Å². The highest BCUT2D eigenvalue weighted by Gasteiger charge is 2.09. The molecule has 0 fully saturated rings. The van der Waals surface area contributed by atoms with E-state index in [2.05, 4.69) is 33.8 Å². The third-order valence-corrected chi connectivity index (χ3v) is 4.60. The molecule has 6 heteroatoms. The van der Waals surface area contributed by atoms with Crippen LogP contribution >= 0.6 is 0 Å². The van der Waals surface area contributed by atoms with Gasteiger partial charge in [0.05, 0.1) is 12.5 Å². The Kier molecular flexibility index (Phi) is 6.58. The van der Waals surface area contributed by atoms with Gasteiger partial charge in [0, 0.05) is 0 Å². The summed E-state index contributed by atoms with van der Waals surface area (Å²) >= 11 is 0. The summed E-state index contributed by atoms with van der Waals surface area (Å²) in [5.74, 6) is 0.568. The molecule has 2 heterocycles. The number of H-pyrrole nitrogens is 1. The molecule has 0 aliphatic rings. The highest BCUT2D eigenvalue weighted by atomic mass is 16.3. The van der Waals surface area contributed by atoms with Crippen molar-refractivity contribution in [3.05, 3.63) is 78.5 Å². The molecule has 4 aromatic rings. The number of fused-ring (bicyclic) bond motifs is 1. The summed E-state index contributed by atoms with van der Waals surface area (Å²) in [5, 5.41) is 18.8. The summed E-state index contributed by atoms with van der Waals surface area (Å²) < 4.78 is 0. The second-order valence-corrected chi connectivity index (χ2v) is 6.42. The first kappa shape index (κ1) is 20.1. The van der Waals surface area contributed by atoms with Crippen LogP contribution in [-0.2, 0) is 0 Å². The van der Waals surface area contributed by atoms with Crippen molar-refractivity contribution in [3.63, 3.8) is 0 Å². The largest absolute Gasteiger partial charge is 0.508 e. The van der Waals surface area contributed by atoms with E-state index < -0.39 is 0 Å². The van der Waals surface area contributed by atoms with Gasteiger partial charge in [-0.2, -0.15) is 0 Å². The van der Waals surface area contributed by atoms with E-state index in [9.17, 15) is 10.2 Å². The third-order valence-electron chi connectivity index (χ3n) is 4.60. The fourth-order valence-electron chi connectivity index (χ4n) is 3.20. The predicted octanol–water partition coefficient (Wildman–Crippen LogP) is 5.18. The van der Waals surface area contributed by atoms with E-state index >= 15 is 0 Å². The molecule has 4 rings (SSSR count). The van der Waals surface area contributed by atoms with Crippen molar-refractivity contribution in [1.29, 1.82) is 0 Å². The van der Waals surface area contributed by atoms with Crippen LogP contribution in [0.3, 0.4) is 0 Å². The number of nitrogens with one attached hydrogen (secondary N) is 1. The number of rotatable bonds is 4. The summed E-state index contributed by atoms with van der Waals surface area (Å²) in [6.45, 7) is 4.27. The van der Waals surface area contributed by atoms with Gasteiger partial charge in [0.25, 0.3) is 0 Å². The Hall–Kier alpha value is -3.67. The Morgan fingerprint density at radius 3 is 1.76 bits per heavy atom. The van der Waals surface area contributed by atoms with Gasteiger partial charge in [-0.15, -0.1) is 0 Å². The quantitative estimate of drug-likeness (QED) is 0.419. The van der Waals surface area contributed by atoms with Crippen LogP contribution in [0.1, 0.15) is 37.8 Å².